The second-order valence-corrected chi connectivity index (χ2v) is 8.09. The fourth-order valence-electron chi connectivity index (χ4n) is 3.12. The molecule has 6 nitrogen and oxygen atoms in total. The third kappa shape index (κ3) is 4.32. The number of amides is 1. The molecule has 0 spiro atoms. The van der Waals surface area contributed by atoms with Gasteiger partial charge in [-0.3, -0.25) is 9.69 Å². The molecule has 0 atom stereocenters. The lowest BCUT2D eigenvalue weighted by molar-refractivity contribution is -0.117. The number of carbonyl (C=O) groups is 1. The van der Waals surface area contributed by atoms with Crippen molar-refractivity contribution in [2.75, 3.05) is 25.5 Å². The van der Waals surface area contributed by atoms with Crippen LogP contribution >= 0.6 is 0 Å². The summed E-state index contributed by atoms with van der Waals surface area (Å²) < 4.78 is 53.4. The number of nitrogens with one attached hydrogen (secondary N) is 2. The minimum Gasteiger partial charge on any atom is -0.322 e. The maximum atomic E-state index is 13.6. The molecule has 2 aromatic rings. The van der Waals surface area contributed by atoms with Crippen molar-refractivity contribution in [3.63, 3.8) is 0 Å². The lowest BCUT2D eigenvalue weighted by Crippen LogP contribution is -2.38. The van der Waals surface area contributed by atoms with Gasteiger partial charge in [0.25, 0.3) is 0 Å². The van der Waals surface area contributed by atoms with Gasteiger partial charge >= 0.3 is 0 Å². The highest BCUT2D eigenvalue weighted by Gasteiger charge is 2.25. The van der Waals surface area contributed by atoms with Gasteiger partial charge in [-0.05, 0) is 42.8 Å². The van der Waals surface area contributed by atoms with Crippen LogP contribution in [-0.2, 0) is 27.8 Å². The van der Waals surface area contributed by atoms with E-state index in [2.05, 4.69) is 10.0 Å². The molecule has 9 heteroatoms. The predicted octanol–water partition coefficient (Wildman–Crippen LogP) is 1.87. The van der Waals surface area contributed by atoms with Crippen LogP contribution in [-0.4, -0.2) is 39.4 Å². The Balaban J connectivity index is 1.71. The molecule has 2 N–H and O–H groups in total. The van der Waals surface area contributed by atoms with Gasteiger partial charge in [0.15, 0.2) is 0 Å². The Labute approximate surface area is 156 Å². The summed E-state index contributed by atoms with van der Waals surface area (Å²) in [6.45, 7) is 0.849. The zero-order valence-electron chi connectivity index (χ0n) is 14.6. The van der Waals surface area contributed by atoms with Crippen LogP contribution in [0.4, 0.5) is 14.5 Å². The van der Waals surface area contributed by atoms with E-state index < -0.39 is 27.6 Å². The standard InChI is InChI=1S/C18H19F2N3O3S/c1-21-27(25,26)17-4-2-3-12-10-23(8-7-14(12)17)11-18(24)22-16-9-13(19)5-6-15(16)20/h2-6,9,21H,7-8,10-11H2,1H3,(H,22,24). The van der Waals surface area contributed by atoms with Gasteiger partial charge in [0, 0.05) is 19.2 Å². The van der Waals surface area contributed by atoms with Gasteiger partial charge in [-0.1, -0.05) is 12.1 Å². The van der Waals surface area contributed by atoms with Crippen molar-refractivity contribution in [1.29, 1.82) is 0 Å². The van der Waals surface area contributed by atoms with Gasteiger partial charge in [0.05, 0.1) is 17.1 Å². The Morgan fingerprint density at radius 2 is 2.00 bits per heavy atom. The number of hydrogen-bond donors (Lipinski definition) is 2. The summed E-state index contributed by atoms with van der Waals surface area (Å²) in [5.74, 6) is -1.82. The van der Waals surface area contributed by atoms with Crippen molar-refractivity contribution in [2.45, 2.75) is 17.9 Å². The highest BCUT2D eigenvalue weighted by atomic mass is 32.2. The monoisotopic (exact) mass is 395 g/mol. The number of sulfonamides is 1. The maximum Gasteiger partial charge on any atom is 0.240 e. The number of carbonyl (C=O) groups excluding carboxylic acids is 1. The molecule has 0 fully saturated rings. The van der Waals surface area contributed by atoms with Crippen LogP contribution in [0, 0.1) is 11.6 Å². The SMILES string of the molecule is CNS(=O)(=O)c1cccc2c1CCN(CC(=O)Nc1cc(F)ccc1F)C2. The quantitative estimate of drug-likeness (QED) is 0.810. The van der Waals surface area contributed by atoms with E-state index in [9.17, 15) is 22.0 Å². The second kappa shape index (κ2) is 7.71. The first-order valence-electron chi connectivity index (χ1n) is 8.32. The first kappa shape index (κ1) is 19.4. The fourth-order valence-corrected chi connectivity index (χ4v) is 4.15. The summed E-state index contributed by atoms with van der Waals surface area (Å²) in [5, 5.41) is 2.37. The minimum atomic E-state index is -3.55. The van der Waals surface area contributed by atoms with E-state index in [0.29, 0.717) is 19.5 Å². The van der Waals surface area contributed by atoms with E-state index in [1.165, 1.54) is 7.05 Å². The van der Waals surface area contributed by atoms with Crippen molar-refractivity contribution >= 4 is 21.6 Å². The number of rotatable bonds is 5. The summed E-state index contributed by atoms with van der Waals surface area (Å²) in [7, 11) is -2.19. The number of halogens is 2. The minimum absolute atomic E-state index is 0.0155. The van der Waals surface area contributed by atoms with E-state index in [4.69, 9.17) is 0 Å². The molecule has 0 radical (unpaired) electrons. The van der Waals surface area contributed by atoms with Crippen LogP contribution in [0.5, 0.6) is 0 Å². The normalized spacial score (nSPS) is 14.6. The Morgan fingerprint density at radius 1 is 1.22 bits per heavy atom. The topological polar surface area (TPSA) is 78.5 Å². The van der Waals surface area contributed by atoms with Gasteiger partial charge in [0.1, 0.15) is 11.6 Å². The average molecular weight is 395 g/mol. The highest BCUT2D eigenvalue weighted by Crippen LogP contribution is 2.25. The van der Waals surface area contributed by atoms with Crippen molar-refractivity contribution < 1.29 is 22.0 Å². The van der Waals surface area contributed by atoms with Gasteiger partial charge in [-0.15, -0.1) is 0 Å². The van der Waals surface area contributed by atoms with Gasteiger partial charge < -0.3 is 5.32 Å². The van der Waals surface area contributed by atoms with E-state index in [1.807, 2.05) is 11.0 Å². The predicted molar refractivity (Wildman–Crippen MR) is 96.7 cm³/mol. The Bertz CT molecular complexity index is 980. The zero-order valence-corrected chi connectivity index (χ0v) is 15.4. The molecule has 1 amide bonds. The first-order valence-corrected chi connectivity index (χ1v) is 9.80. The molecule has 3 rings (SSSR count). The molecule has 1 aliphatic heterocycles. The Morgan fingerprint density at radius 3 is 2.74 bits per heavy atom. The van der Waals surface area contributed by atoms with Crippen LogP contribution < -0.4 is 10.0 Å². The Kier molecular flexibility index (Phi) is 5.54. The van der Waals surface area contributed by atoms with E-state index >= 15 is 0 Å². The van der Waals surface area contributed by atoms with Crippen LogP contribution in [0.15, 0.2) is 41.3 Å². The summed E-state index contributed by atoms with van der Waals surface area (Å²) in [4.78, 5) is 14.2. The molecule has 0 aliphatic carbocycles. The first-order chi connectivity index (χ1) is 12.8. The van der Waals surface area contributed by atoms with E-state index in [0.717, 1.165) is 29.3 Å². The summed E-state index contributed by atoms with van der Waals surface area (Å²) >= 11 is 0. The van der Waals surface area contributed by atoms with Crippen LogP contribution in [0.1, 0.15) is 11.1 Å². The number of anilines is 1. The number of fused-ring (bicyclic) bond motifs is 1. The molecular formula is C18H19F2N3O3S. The molecule has 0 unspecified atom stereocenters. The number of hydrogen-bond acceptors (Lipinski definition) is 4. The van der Waals surface area contributed by atoms with E-state index in [1.54, 1.807) is 12.1 Å². The smallest absolute Gasteiger partial charge is 0.240 e. The maximum absolute atomic E-state index is 13.6. The molecule has 0 bridgehead atoms. The molecule has 27 heavy (non-hydrogen) atoms. The Hall–Kier alpha value is -2.36. The van der Waals surface area contributed by atoms with Crippen molar-refractivity contribution in [3.8, 4) is 0 Å². The van der Waals surface area contributed by atoms with Crippen LogP contribution in [0.3, 0.4) is 0 Å². The summed E-state index contributed by atoms with van der Waals surface area (Å²) in [6.07, 6.45) is 0.466. The molecule has 0 aromatic heterocycles. The van der Waals surface area contributed by atoms with E-state index in [-0.39, 0.29) is 17.1 Å². The molecular weight excluding hydrogens is 376 g/mol. The lowest BCUT2D eigenvalue weighted by Gasteiger charge is -2.29. The molecule has 1 aliphatic rings. The van der Waals surface area contributed by atoms with Gasteiger partial charge in [-0.25, -0.2) is 21.9 Å². The molecule has 2 aromatic carbocycles. The van der Waals surface area contributed by atoms with Crippen LogP contribution in [0.25, 0.3) is 0 Å². The molecule has 144 valence electrons. The molecule has 0 saturated heterocycles. The summed E-state index contributed by atoms with van der Waals surface area (Å²) in [5.41, 5.74) is 1.35. The largest absolute Gasteiger partial charge is 0.322 e. The number of benzene rings is 2. The van der Waals surface area contributed by atoms with Gasteiger partial charge in [0.2, 0.25) is 15.9 Å². The number of nitrogens with zero attached hydrogens (tertiary/aromatic N) is 1. The van der Waals surface area contributed by atoms with Crippen molar-refractivity contribution in [2.24, 2.45) is 0 Å². The van der Waals surface area contributed by atoms with Crippen LogP contribution in [0.2, 0.25) is 0 Å². The van der Waals surface area contributed by atoms with Gasteiger partial charge in [-0.2, -0.15) is 0 Å². The molecule has 1 heterocycles. The van der Waals surface area contributed by atoms with Crippen molar-refractivity contribution in [1.82, 2.24) is 9.62 Å². The third-order valence-electron chi connectivity index (χ3n) is 4.43. The second-order valence-electron chi connectivity index (χ2n) is 6.23. The zero-order chi connectivity index (χ0) is 19.6. The molecule has 0 saturated carbocycles. The summed E-state index contributed by atoms with van der Waals surface area (Å²) in [6, 6.07) is 7.89. The average Bonchev–Trinajstić information content (AvgIpc) is 2.64. The lowest BCUT2D eigenvalue weighted by atomic mass is 10.00. The third-order valence-corrected chi connectivity index (χ3v) is 5.93. The van der Waals surface area contributed by atoms with Crippen molar-refractivity contribution in [3.05, 3.63) is 59.2 Å². The fraction of sp³-hybridized carbons (Fsp3) is 0.278. The highest BCUT2D eigenvalue weighted by molar-refractivity contribution is 7.89.